The lowest BCUT2D eigenvalue weighted by Crippen LogP contribution is -1.88. The maximum absolute atomic E-state index is 2.30. The van der Waals surface area contributed by atoms with Crippen LogP contribution in [0.5, 0.6) is 0 Å². The normalized spacial score (nSPS) is 19.3. The number of allylic oxidation sites excluding steroid dienone is 2. The van der Waals surface area contributed by atoms with Crippen LogP contribution in [0, 0.1) is 0 Å². The molecule has 1 saturated heterocycles. The molecule has 1 heterocycles. The Morgan fingerprint density at radius 2 is 2.07 bits per heavy atom. The molecule has 0 spiro atoms. The molecule has 0 N–H and O–H groups in total. The first kappa shape index (κ1) is 10.8. The Kier molecular flexibility index (Phi) is 3.90. The fourth-order valence-corrected chi connectivity index (χ4v) is 3.12. The standard InChI is InChI=1S/C14H18S/c1-12(14-8-5-11-15-14)9-10-13-6-3-2-4-7-13/h2-4,6-7H,5,8-11H2,1H3/b14-12+. The van der Waals surface area contributed by atoms with Gasteiger partial charge in [-0.05, 0) is 48.8 Å². The van der Waals surface area contributed by atoms with Crippen LogP contribution in [0.3, 0.4) is 0 Å². The lowest BCUT2D eigenvalue weighted by atomic mass is 10.0. The summed E-state index contributed by atoms with van der Waals surface area (Å²) in [5.74, 6) is 1.33. The summed E-state index contributed by atoms with van der Waals surface area (Å²) in [6.07, 6.45) is 5.12. The van der Waals surface area contributed by atoms with Crippen LogP contribution in [0.4, 0.5) is 0 Å². The van der Waals surface area contributed by atoms with Gasteiger partial charge in [-0.15, -0.1) is 11.8 Å². The molecule has 1 fully saturated rings. The summed E-state index contributed by atoms with van der Waals surface area (Å²) < 4.78 is 0. The van der Waals surface area contributed by atoms with E-state index in [-0.39, 0.29) is 0 Å². The smallest absolute Gasteiger partial charge is 0.00199 e. The Hall–Kier alpha value is -0.690. The van der Waals surface area contributed by atoms with Gasteiger partial charge in [0, 0.05) is 0 Å². The SMILES string of the molecule is C/C(CCc1ccccc1)=C1/CCCS1. The largest absolute Gasteiger partial charge is 0.131 e. The van der Waals surface area contributed by atoms with Crippen molar-refractivity contribution in [1.82, 2.24) is 0 Å². The molecule has 1 heteroatoms. The van der Waals surface area contributed by atoms with Crippen molar-refractivity contribution in [3.8, 4) is 0 Å². The summed E-state index contributed by atoms with van der Waals surface area (Å²) in [4.78, 5) is 1.66. The second kappa shape index (κ2) is 5.41. The summed E-state index contributed by atoms with van der Waals surface area (Å²) in [6, 6.07) is 10.8. The monoisotopic (exact) mass is 218 g/mol. The van der Waals surface area contributed by atoms with Crippen LogP contribution in [0.15, 0.2) is 40.8 Å². The molecule has 0 aromatic heterocycles. The minimum absolute atomic E-state index is 1.19. The first-order valence-corrected chi connectivity index (χ1v) is 6.70. The van der Waals surface area contributed by atoms with Crippen LogP contribution < -0.4 is 0 Å². The summed E-state index contributed by atoms with van der Waals surface area (Å²) >= 11 is 2.07. The molecular formula is C14H18S. The molecule has 0 saturated carbocycles. The zero-order valence-electron chi connectivity index (χ0n) is 9.33. The van der Waals surface area contributed by atoms with E-state index in [4.69, 9.17) is 0 Å². The van der Waals surface area contributed by atoms with Crippen LogP contribution in [-0.4, -0.2) is 5.75 Å². The molecule has 15 heavy (non-hydrogen) atoms. The molecular weight excluding hydrogens is 200 g/mol. The zero-order valence-corrected chi connectivity index (χ0v) is 10.1. The molecule has 0 amide bonds. The minimum atomic E-state index is 1.19. The van der Waals surface area contributed by atoms with Gasteiger partial charge in [-0.2, -0.15) is 0 Å². The third kappa shape index (κ3) is 3.13. The third-order valence-electron chi connectivity index (χ3n) is 2.93. The highest BCUT2D eigenvalue weighted by Gasteiger charge is 2.10. The Balaban J connectivity index is 1.90. The Bertz CT molecular complexity index is 330. The molecule has 0 radical (unpaired) electrons. The molecule has 0 atom stereocenters. The number of aryl methyl sites for hydroxylation is 1. The Labute approximate surface area is 96.8 Å². The van der Waals surface area contributed by atoms with E-state index in [9.17, 15) is 0 Å². The van der Waals surface area contributed by atoms with Gasteiger partial charge in [0.05, 0.1) is 0 Å². The number of benzene rings is 1. The van der Waals surface area contributed by atoms with E-state index >= 15 is 0 Å². The number of hydrogen-bond donors (Lipinski definition) is 0. The second-order valence-electron chi connectivity index (χ2n) is 4.14. The maximum Gasteiger partial charge on any atom is -0.00199 e. The summed E-state index contributed by atoms with van der Waals surface area (Å²) in [5.41, 5.74) is 3.07. The summed E-state index contributed by atoms with van der Waals surface area (Å²) in [7, 11) is 0. The Morgan fingerprint density at radius 1 is 1.27 bits per heavy atom. The summed E-state index contributed by atoms with van der Waals surface area (Å²) in [6.45, 7) is 2.30. The van der Waals surface area contributed by atoms with Crippen molar-refractivity contribution in [3.05, 3.63) is 46.4 Å². The van der Waals surface area contributed by atoms with Crippen LogP contribution in [-0.2, 0) is 6.42 Å². The van der Waals surface area contributed by atoms with Crippen molar-refractivity contribution >= 4 is 11.8 Å². The van der Waals surface area contributed by atoms with Crippen molar-refractivity contribution in [2.24, 2.45) is 0 Å². The highest BCUT2D eigenvalue weighted by molar-refractivity contribution is 8.03. The van der Waals surface area contributed by atoms with Gasteiger partial charge in [0.2, 0.25) is 0 Å². The third-order valence-corrected chi connectivity index (χ3v) is 4.33. The molecule has 1 aliphatic rings. The van der Waals surface area contributed by atoms with E-state index in [0.717, 1.165) is 0 Å². The quantitative estimate of drug-likeness (QED) is 0.723. The molecule has 0 unspecified atom stereocenters. The van der Waals surface area contributed by atoms with Gasteiger partial charge in [-0.25, -0.2) is 0 Å². The van der Waals surface area contributed by atoms with E-state index in [0.29, 0.717) is 0 Å². The van der Waals surface area contributed by atoms with Crippen molar-refractivity contribution < 1.29 is 0 Å². The molecule has 80 valence electrons. The zero-order chi connectivity index (χ0) is 10.5. The predicted octanol–water partition coefficient (Wildman–Crippen LogP) is 4.42. The number of hydrogen-bond acceptors (Lipinski definition) is 1. The van der Waals surface area contributed by atoms with Crippen molar-refractivity contribution in [3.63, 3.8) is 0 Å². The number of rotatable bonds is 3. The van der Waals surface area contributed by atoms with Gasteiger partial charge >= 0.3 is 0 Å². The average Bonchev–Trinajstić information content (AvgIpc) is 2.81. The first-order valence-electron chi connectivity index (χ1n) is 5.71. The fraction of sp³-hybridized carbons (Fsp3) is 0.429. The van der Waals surface area contributed by atoms with Crippen LogP contribution in [0.1, 0.15) is 31.7 Å². The van der Waals surface area contributed by atoms with E-state index in [1.165, 1.54) is 37.0 Å². The first-order chi connectivity index (χ1) is 7.36. The summed E-state index contributed by atoms with van der Waals surface area (Å²) in [5, 5.41) is 0. The molecule has 0 nitrogen and oxygen atoms in total. The van der Waals surface area contributed by atoms with Gasteiger partial charge in [0.15, 0.2) is 0 Å². The predicted molar refractivity (Wildman–Crippen MR) is 69.2 cm³/mol. The van der Waals surface area contributed by atoms with Crippen molar-refractivity contribution in [2.45, 2.75) is 32.6 Å². The van der Waals surface area contributed by atoms with Gasteiger partial charge in [-0.3, -0.25) is 0 Å². The second-order valence-corrected chi connectivity index (χ2v) is 5.33. The molecule has 1 aromatic rings. The highest BCUT2D eigenvalue weighted by Crippen LogP contribution is 2.34. The molecule has 2 rings (SSSR count). The van der Waals surface area contributed by atoms with E-state index < -0.39 is 0 Å². The van der Waals surface area contributed by atoms with Crippen LogP contribution in [0.2, 0.25) is 0 Å². The lowest BCUT2D eigenvalue weighted by Gasteiger charge is -2.05. The lowest BCUT2D eigenvalue weighted by molar-refractivity contribution is 0.908. The molecule has 0 bridgehead atoms. The molecule has 0 aliphatic carbocycles. The highest BCUT2D eigenvalue weighted by atomic mass is 32.2. The van der Waals surface area contributed by atoms with Gasteiger partial charge in [-0.1, -0.05) is 35.9 Å². The van der Waals surface area contributed by atoms with Gasteiger partial charge < -0.3 is 0 Å². The van der Waals surface area contributed by atoms with Crippen LogP contribution in [0.25, 0.3) is 0 Å². The van der Waals surface area contributed by atoms with Gasteiger partial charge in [0.1, 0.15) is 0 Å². The fourth-order valence-electron chi connectivity index (χ4n) is 1.95. The van der Waals surface area contributed by atoms with Crippen LogP contribution >= 0.6 is 11.8 Å². The molecule has 1 aliphatic heterocycles. The van der Waals surface area contributed by atoms with Gasteiger partial charge in [0.25, 0.3) is 0 Å². The van der Waals surface area contributed by atoms with Crippen molar-refractivity contribution in [1.29, 1.82) is 0 Å². The molecule has 1 aromatic carbocycles. The average molecular weight is 218 g/mol. The van der Waals surface area contributed by atoms with Crippen molar-refractivity contribution in [2.75, 3.05) is 5.75 Å². The topological polar surface area (TPSA) is 0 Å². The number of thioether (sulfide) groups is 1. The Morgan fingerprint density at radius 3 is 2.73 bits per heavy atom. The van der Waals surface area contributed by atoms with E-state index in [1.54, 1.807) is 10.5 Å². The van der Waals surface area contributed by atoms with E-state index in [1.807, 2.05) is 0 Å². The minimum Gasteiger partial charge on any atom is -0.131 e. The maximum atomic E-state index is 2.30. The van der Waals surface area contributed by atoms with E-state index in [2.05, 4.69) is 49.0 Å².